The highest BCUT2D eigenvalue weighted by molar-refractivity contribution is 5.96. The number of rotatable bonds is 1. The Morgan fingerprint density at radius 3 is 3.08 bits per heavy atom. The van der Waals surface area contributed by atoms with Crippen LogP contribution in [-0.2, 0) is 0 Å². The highest BCUT2D eigenvalue weighted by atomic mass is 16.6. The van der Waals surface area contributed by atoms with Gasteiger partial charge in [-0.25, -0.2) is 4.98 Å². The number of amides is 1. The molecule has 2 heterocycles. The van der Waals surface area contributed by atoms with Gasteiger partial charge in [0.15, 0.2) is 5.75 Å². The first kappa shape index (κ1) is 7.85. The predicted molar refractivity (Wildman–Crippen MR) is 42.6 cm³/mol. The largest absolute Gasteiger partial charge is 0.484 e. The monoisotopic (exact) mass is 179 g/mol. The highest BCUT2D eigenvalue weighted by Crippen LogP contribution is 2.30. The SMILES string of the molecule is NC(=O)c1c[c]nc2c1OCCO2. The molecule has 1 radical (unpaired) electrons. The quantitative estimate of drug-likeness (QED) is 0.645. The number of pyridine rings is 1. The predicted octanol–water partition coefficient (Wildman–Crippen LogP) is -0.248. The first-order chi connectivity index (χ1) is 6.29. The maximum atomic E-state index is 10.9. The van der Waals surface area contributed by atoms with Crippen LogP contribution in [0.15, 0.2) is 6.07 Å². The molecule has 0 bridgehead atoms. The maximum Gasteiger partial charge on any atom is 0.258 e. The smallest absolute Gasteiger partial charge is 0.258 e. The summed E-state index contributed by atoms with van der Waals surface area (Å²) in [6.07, 6.45) is 2.51. The molecule has 67 valence electrons. The van der Waals surface area contributed by atoms with Crippen LogP contribution in [0.4, 0.5) is 0 Å². The Kier molecular flexibility index (Phi) is 1.77. The van der Waals surface area contributed by atoms with Gasteiger partial charge in [-0.2, -0.15) is 0 Å². The number of carbonyl (C=O) groups excluding carboxylic acids is 1. The van der Waals surface area contributed by atoms with Gasteiger partial charge in [-0.1, -0.05) is 0 Å². The first-order valence-corrected chi connectivity index (χ1v) is 3.75. The van der Waals surface area contributed by atoms with Gasteiger partial charge in [0, 0.05) is 0 Å². The van der Waals surface area contributed by atoms with E-state index >= 15 is 0 Å². The Bertz CT molecular complexity index is 351. The van der Waals surface area contributed by atoms with Crippen LogP contribution in [0.5, 0.6) is 11.6 Å². The molecule has 2 N–H and O–H groups in total. The zero-order valence-corrected chi connectivity index (χ0v) is 6.74. The van der Waals surface area contributed by atoms with Crippen molar-refractivity contribution in [2.45, 2.75) is 0 Å². The number of hydrogen-bond donors (Lipinski definition) is 1. The second kappa shape index (κ2) is 2.93. The van der Waals surface area contributed by atoms with Gasteiger partial charge >= 0.3 is 0 Å². The van der Waals surface area contributed by atoms with Gasteiger partial charge in [0.05, 0.1) is 11.8 Å². The van der Waals surface area contributed by atoms with E-state index in [9.17, 15) is 4.79 Å². The second-order valence-corrected chi connectivity index (χ2v) is 2.49. The fourth-order valence-electron chi connectivity index (χ4n) is 1.09. The summed E-state index contributed by atoms with van der Waals surface area (Å²) >= 11 is 0. The van der Waals surface area contributed by atoms with Crippen LogP contribution in [0.1, 0.15) is 10.4 Å². The van der Waals surface area contributed by atoms with Gasteiger partial charge < -0.3 is 15.2 Å². The molecule has 5 heteroatoms. The van der Waals surface area contributed by atoms with E-state index < -0.39 is 5.91 Å². The Labute approximate surface area is 74.5 Å². The van der Waals surface area contributed by atoms with Crippen LogP contribution in [0.3, 0.4) is 0 Å². The molecule has 0 fully saturated rings. The lowest BCUT2D eigenvalue weighted by Gasteiger charge is -2.18. The lowest BCUT2D eigenvalue weighted by molar-refractivity contribution is 0.0987. The number of nitrogens with zero attached hydrogens (tertiary/aromatic N) is 1. The first-order valence-electron chi connectivity index (χ1n) is 3.75. The molecule has 1 aliphatic rings. The fraction of sp³-hybridized carbons (Fsp3) is 0.250. The van der Waals surface area contributed by atoms with Crippen molar-refractivity contribution in [1.82, 2.24) is 4.98 Å². The normalized spacial score (nSPS) is 13.8. The summed E-state index contributed by atoms with van der Waals surface area (Å²) < 4.78 is 10.3. The number of primary amides is 1. The molecule has 1 aromatic heterocycles. The average Bonchev–Trinajstić information content (AvgIpc) is 2.17. The number of hydrogen-bond acceptors (Lipinski definition) is 4. The topological polar surface area (TPSA) is 74.4 Å². The molecule has 5 nitrogen and oxygen atoms in total. The molecule has 0 saturated heterocycles. The Hall–Kier alpha value is -1.78. The van der Waals surface area contributed by atoms with Crippen LogP contribution in [0.2, 0.25) is 0 Å². The number of fused-ring (bicyclic) bond motifs is 1. The van der Waals surface area contributed by atoms with E-state index in [1.165, 1.54) is 6.07 Å². The Morgan fingerprint density at radius 1 is 1.54 bits per heavy atom. The van der Waals surface area contributed by atoms with E-state index in [2.05, 4.69) is 11.2 Å². The summed E-state index contributed by atoms with van der Waals surface area (Å²) in [6.45, 7) is 0.828. The van der Waals surface area contributed by atoms with E-state index in [4.69, 9.17) is 15.2 Å². The number of nitrogens with two attached hydrogens (primary N) is 1. The summed E-state index contributed by atoms with van der Waals surface area (Å²) in [7, 11) is 0. The molecular formula is C8H7N2O3. The number of aromatic nitrogens is 1. The van der Waals surface area contributed by atoms with Gasteiger partial charge in [0.1, 0.15) is 13.2 Å². The number of ether oxygens (including phenoxy) is 2. The summed E-state index contributed by atoms with van der Waals surface area (Å²) in [5.74, 6) is 0.0282. The molecule has 0 saturated carbocycles. The standard InChI is InChI=1S/C8H7N2O3/c9-7(11)5-1-2-10-8-6(5)12-3-4-13-8/h1H,3-4H2,(H2,9,11). The summed E-state index contributed by atoms with van der Waals surface area (Å²) in [5.41, 5.74) is 5.37. The minimum atomic E-state index is -0.569. The van der Waals surface area contributed by atoms with Crippen molar-refractivity contribution < 1.29 is 14.3 Å². The van der Waals surface area contributed by atoms with Crippen LogP contribution >= 0.6 is 0 Å². The molecule has 0 spiro atoms. The lowest BCUT2D eigenvalue weighted by Crippen LogP contribution is -2.21. The second-order valence-electron chi connectivity index (χ2n) is 2.49. The van der Waals surface area contributed by atoms with E-state index in [1.807, 2.05) is 0 Å². The van der Waals surface area contributed by atoms with Gasteiger partial charge in [-0.05, 0) is 6.07 Å². The van der Waals surface area contributed by atoms with Crippen molar-refractivity contribution in [3.05, 3.63) is 17.8 Å². The zero-order valence-electron chi connectivity index (χ0n) is 6.74. The van der Waals surface area contributed by atoms with E-state index in [1.54, 1.807) is 0 Å². The van der Waals surface area contributed by atoms with Gasteiger partial charge in [0.2, 0.25) is 0 Å². The minimum absolute atomic E-state index is 0.254. The van der Waals surface area contributed by atoms with E-state index in [0.717, 1.165) is 0 Å². The molecule has 0 aromatic carbocycles. The molecule has 0 atom stereocenters. The fourth-order valence-corrected chi connectivity index (χ4v) is 1.09. The summed E-state index contributed by atoms with van der Waals surface area (Å²) in [4.78, 5) is 14.7. The van der Waals surface area contributed by atoms with E-state index in [0.29, 0.717) is 19.0 Å². The Morgan fingerprint density at radius 2 is 2.31 bits per heavy atom. The van der Waals surface area contributed by atoms with Crippen LogP contribution in [0.25, 0.3) is 0 Å². The average molecular weight is 179 g/mol. The summed E-state index contributed by atoms with van der Waals surface area (Å²) in [5, 5.41) is 0. The zero-order chi connectivity index (χ0) is 9.26. The lowest BCUT2D eigenvalue weighted by atomic mass is 10.2. The third-order valence-corrected chi connectivity index (χ3v) is 1.65. The van der Waals surface area contributed by atoms with Crippen LogP contribution < -0.4 is 15.2 Å². The molecule has 2 rings (SSSR count). The molecule has 13 heavy (non-hydrogen) atoms. The van der Waals surface area contributed by atoms with Crippen LogP contribution in [-0.4, -0.2) is 24.1 Å². The maximum absolute atomic E-state index is 10.9. The van der Waals surface area contributed by atoms with Crippen molar-refractivity contribution >= 4 is 5.91 Å². The van der Waals surface area contributed by atoms with Crippen molar-refractivity contribution in [3.63, 3.8) is 0 Å². The third kappa shape index (κ3) is 1.28. The van der Waals surface area contributed by atoms with Crippen molar-refractivity contribution in [2.24, 2.45) is 5.73 Å². The molecule has 0 aliphatic carbocycles. The third-order valence-electron chi connectivity index (χ3n) is 1.65. The van der Waals surface area contributed by atoms with Gasteiger partial charge in [-0.15, -0.1) is 0 Å². The summed E-state index contributed by atoms with van der Waals surface area (Å²) in [6, 6.07) is 1.38. The van der Waals surface area contributed by atoms with Crippen LogP contribution in [0, 0.1) is 6.20 Å². The van der Waals surface area contributed by atoms with Crippen molar-refractivity contribution in [3.8, 4) is 11.6 Å². The van der Waals surface area contributed by atoms with Crippen molar-refractivity contribution in [2.75, 3.05) is 13.2 Å². The van der Waals surface area contributed by atoms with Crippen molar-refractivity contribution in [1.29, 1.82) is 0 Å². The van der Waals surface area contributed by atoms with Gasteiger partial charge in [0.25, 0.3) is 11.8 Å². The molecule has 0 unspecified atom stereocenters. The molecule has 1 aromatic rings. The minimum Gasteiger partial charge on any atom is -0.484 e. The van der Waals surface area contributed by atoms with Gasteiger partial charge in [-0.3, -0.25) is 4.79 Å². The Balaban J connectivity index is 2.52. The molecule has 1 aliphatic heterocycles. The molecular weight excluding hydrogens is 172 g/mol. The highest BCUT2D eigenvalue weighted by Gasteiger charge is 2.19. The molecule has 1 amide bonds. The van der Waals surface area contributed by atoms with E-state index in [-0.39, 0.29) is 11.4 Å². The number of carbonyl (C=O) groups is 1.